The zero-order valence-electron chi connectivity index (χ0n) is 12.3. The number of hydrogen-bond acceptors (Lipinski definition) is 3. The second-order valence-corrected chi connectivity index (χ2v) is 5.39. The molecular formula is C19H17NO2. The lowest BCUT2D eigenvalue weighted by Gasteiger charge is -2.15. The third-order valence-corrected chi connectivity index (χ3v) is 3.83. The lowest BCUT2D eigenvalue weighted by molar-refractivity contribution is 0.0964. The number of aliphatic imine (C=N–C) groups is 1. The quantitative estimate of drug-likeness (QED) is 0.809. The van der Waals surface area contributed by atoms with Crippen LogP contribution in [0.1, 0.15) is 39.1 Å². The van der Waals surface area contributed by atoms with Gasteiger partial charge in [-0.1, -0.05) is 54.6 Å². The van der Waals surface area contributed by atoms with Crippen LogP contribution >= 0.6 is 0 Å². The summed E-state index contributed by atoms with van der Waals surface area (Å²) in [5.74, 6) is -0.119. The molecule has 0 aliphatic heterocycles. The normalized spacial score (nSPS) is 15.9. The third kappa shape index (κ3) is 3.03. The highest BCUT2D eigenvalue weighted by atomic mass is 16.1. The Morgan fingerprint density at radius 1 is 0.864 bits per heavy atom. The van der Waals surface area contributed by atoms with Gasteiger partial charge in [-0.3, -0.25) is 14.6 Å². The van der Waals surface area contributed by atoms with Gasteiger partial charge in [-0.15, -0.1) is 0 Å². The van der Waals surface area contributed by atoms with Crippen molar-refractivity contribution in [1.29, 1.82) is 0 Å². The van der Waals surface area contributed by atoms with Crippen LogP contribution in [0.15, 0.2) is 59.6 Å². The van der Waals surface area contributed by atoms with E-state index in [1.807, 2.05) is 18.2 Å². The summed E-state index contributed by atoms with van der Waals surface area (Å²) in [5, 5.41) is 0. The van der Waals surface area contributed by atoms with E-state index in [0.717, 1.165) is 12.8 Å². The van der Waals surface area contributed by atoms with E-state index in [4.69, 9.17) is 0 Å². The summed E-state index contributed by atoms with van der Waals surface area (Å²) in [6, 6.07) is 17.2. The van der Waals surface area contributed by atoms with Gasteiger partial charge in [-0.05, 0) is 18.4 Å². The summed E-state index contributed by atoms with van der Waals surface area (Å²) in [6.45, 7) is 0.575. The van der Waals surface area contributed by atoms with E-state index in [1.54, 1.807) is 24.3 Å². The first-order valence-corrected chi connectivity index (χ1v) is 7.50. The van der Waals surface area contributed by atoms with E-state index >= 15 is 0 Å². The second-order valence-electron chi connectivity index (χ2n) is 5.39. The molecule has 0 bridgehead atoms. The first kappa shape index (κ1) is 14.4. The van der Waals surface area contributed by atoms with E-state index in [-0.39, 0.29) is 18.0 Å². The number of benzene rings is 2. The molecule has 1 aliphatic carbocycles. The van der Waals surface area contributed by atoms with Crippen LogP contribution in [0.5, 0.6) is 0 Å². The van der Waals surface area contributed by atoms with Gasteiger partial charge in [-0.25, -0.2) is 0 Å². The average molecular weight is 291 g/mol. The summed E-state index contributed by atoms with van der Waals surface area (Å²) >= 11 is 0. The number of carbonyl (C=O) groups is 2. The fraction of sp³-hybridized carbons (Fsp3) is 0.211. The van der Waals surface area contributed by atoms with Crippen LogP contribution in [-0.4, -0.2) is 23.8 Å². The Bertz CT molecular complexity index is 732. The molecule has 3 nitrogen and oxygen atoms in total. The zero-order chi connectivity index (χ0) is 15.4. The topological polar surface area (TPSA) is 46.5 Å². The molecule has 0 fully saturated rings. The highest BCUT2D eigenvalue weighted by Gasteiger charge is 2.28. The van der Waals surface area contributed by atoms with E-state index in [1.165, 1.54) is 5.56 Å². The number of carbonyl (C=O) groups excluding carboxylic acids is 2. The molecule has 0 heterocycles. The molecule has 0 atom stereocenters. The predicted molar refractivity (Wildman–Crippen MR) is 86.8 cm³/mol. The Morgan fingerprint density at radius 3 is 2.32 bits per heavy atom. The van der Waals surface area contributed by atoms with Gasteiger partial charge >= 0.3 is 0 Å². The summed E-state index contributed by atoms with van der Waals surface area (Å²) in [4.78, 5) is 28.8. The number of fused-ring (bicyclic) bond motifs is 1. The van der Waals surface area contributed by atoms with Crippen LogP contribution in [0.3, 0.4) is 0 Å². The van der Waals surface area contributed by atoms with Crippen molar-refractivity contribution in [3.05, 3.63) is 71.3 Å². The van der Waals surface area contributed by atoms with Crippen LogP contribution < -0.4 is 0 Å². The lowest BCUT2D eigenvalue weighted by Crippen LogP contribution is -2.27. The molecule has 0 N–H and O–H groups in total. The molecule has 0 spiro atoms. The molecule has 0 aromatic heterocycles. The molecule has 3 heteroatoms. The second kappa shape index (κ2) is 6.48. The minimum Gasteiger partial charge on any atom is -0.294 e. The summed E-state index contributed by atoms with van der Waals surface area (Å²) in [5.41, 5.74) is 2.67. The maximum atomic E-state index is 12.3. The molecular weight excluding hydrogens is 274 g/mol. The molecule has 0 amide bonds. The number of hydrogen-bond donors (Lipinski definition) is 0. The summed E-state index contributed by atoms with van der Waals surface area (Å²) in [6.07, 6.45) is 1.92. The van der Waals surface area contributed by atoms with Gasteiger partial charge in [0.1, 0.15) is 0 Å². The van der Waals surface area contributed by atoms with Crippen molar-refractivity contribution in [3.63, 3.8) is 0 Å². The fourth-order valence-corrected chi connectivity index (χ4v) is 2.68. The first-order chi connectivity index (χ1) is 10.8. The highest BCUT2D eigenvalue weighted by molar-refractivity contribution is 6.52. The van der Waals surface area contributed by atoms with Crippen molar-refractivity contribution >= 4 is 17.3 Å². The van der Waals surface area contributed by atoms with Crippen molar-refractivity contribution in [2.75, 3.05) is 6.54 Å². The molecule has 0 radical (unpaired) electrons. The Hall–Kier alpha value is -2.55. The van der Waals surface area contributed by atoms with Gasteiger partial charge in [0, 0.05) is 17.7 Å². The minimum atomic E-state index is -0.102. The Labute approximate surface area is 129 Å². The molecule has 0 saturated carbocycles. The molecule has 110 valence electrons. The van der Waals surface area contributed by atoms with E-state index in [0.29, 0.717) is 23.4 Å². The minimum absolute atomic E-state index is 0.0167. The van der Waals surface area contributed by atoms with E-state index in [9.17, 15) is 9.59 Å². The summed E-state index contributed by atoms with van der Waals surface area (Å²) < 4.78 is 0. The molecule has 22 heavy (non-hydrogen) atoms. The molecule has 2 aromatic carbocycles. The van der Waals surface area contributed by atoms with Crippen LogP contribution in [0, 0.1) is 0 Å². The van der Waals surface area contributed by atoms with E-state index in [2.05, 4.69) is 17.1 Å². The smallest absolute Gasteiger partial charge is 0.207 e. The number of rotatable bonds is 4. The lowest BCUT2D eigenvalue weighted by atomic mass is 9.88. The molecule has 0 unspecified atom stereocenters. The monoisotopic (exact) mass is 291 g/mol. The highest BCUT2D eigenvalue weighted by Crippen LogP contribution is 2.19. The van der Waals surface area contributed by atoms with Crippen LogP contribution in [-0.2, 0) is 6.42 Å². The standard InChI is InChI=1S/C19H17NO2/c21-18-13-17(19(22)16-11-5-4-10-15(16)18)20-12-6-9-14-7-2-1-3-8-14/h1-5,7-8,10-11H,6,9,12-13H2. The van der Waals surface area contributed by atoms with Crippen LogP contribution in [0.25, 0.3) is 0 Å². The number of aryl methyl sites for hydroxylation is 1. The Morgan fingerprint density at radius 2 is 1.55 bits per heavy atom. The number of Topliss-reactive ketones (excluding diaryl/α,β-unsaturated/α-hetero) is 2. The maximum Gasteiger partial charge on any atom is 0.207 e. The number of nitrogens with zero attached hydrogens (tertiary/aromatic N) is 1. The Kier molecular flexibility index (Phi) is 4.24. The Balaban J connectivity index is 1.66. The molecule has 3 rings (SSSR count). The zero-order valence-corrected chi connectivity index (χ0v) is 12.3. The predicted octanol–water partition coefficient (Wildman–Crippen LogP) is 3.53. The van der Waals surface area contributed by atoms with Gasteiger partial charge in [-0.2, -0.15) is 0 Å². The van der Waals surface area contributed by atoms with Crippen LogP contribution in [0.2, 0.25) is 0 Å². The SMILES string of the molecule is O=C1CC(=NCCCc2ccccc2)C(=O)c2ccccc21. The maximum absolute atomic E-state index is 12.3. The van der Waals surface area contributed by atoms with Crippen molar-refractivity contribution in [3.8, 4) is 0 Å². The number of ketones is 2. The molecule has 0 saturated heterocycles. The van der Waals surface area contributed by atoms with Crippen molar-refractivity contribution in [1.82, 2.24) is 0 Å². The fourth-order valence-electron chi connectivity index (χ4n) is 2.68. The van der Waals surface area contributed by atoms with Crippen molar-refractivity contribution in [2.45, 2.75) is 19.3 Å². The van der Waals surface area contributed by atoms with Crippen LogP contribution in [0.4, 0.5) is 0 Å². The summed E-state index contributed by atoms with van der Waals surface area (Å²) in [7, 11) is 0. The van der Waals surface area contributed by atoms with Crippen molar-refractivity contribution < 1.29 is 9.59 Å². The third-order valence-electron chi connectivity index (χ3n) is 3.83. The average Bonchev–Trinajstić information content (AvgIpc) is 2.57. The van der Waals surface area contributed by atoms with Gasteiger partial charge < -0.3 is 0 Å². The van der Waals surface area contributed by atoms with E-state index < -0.39 is 0 Å². The van der Waals surface area contributed by atoms with Gasteiger partial charge in [0.2, 0.25) is 5.78 Å². The van der Waals surface area contributed by atoms with Gasteiger partial charge in [0.05, 0.1) is 12.1 Å². The molecule has 2 aromatic rings. The van der Waals surface area contributed by atoms with Gasteiger partial charge in [0.25, 0.3) is 0 Å². The van der Waals surface area contributed by atoms with Crippen molar-refractivity contribution in [2.24, 2.45) is 4.99 Å². The largest absolute Gasteiger partial charge is 0.294 e. The molecule has 1 aliphatic rings. The first-order valence-electron chi connectivity index (χ1n) is 7.50. The van der Waals surface area contributed by atoms with Gasteiger partial charge in [0.15, 0.2) is 5.78 Å².